The topological polar surface area (TPSA) is 34.2 Å². The minimum atomic E-state index is 0.0892. The van der Waals surface area contributed by atoms with Crippen LogP contribution in [-0.2, 0) is 14.3 Å². The van der Waals surface area contributed by atoms with E-state index >= 15 is 0 Å². The minimum absolute atomic E-state index is 0.0892. The van der Waals surface area contributed by atoms with E-state index in [0.717, 1.165) is 15.6 Å². The molecule has 0 saturated carbocycles. The molecule has 106 valence electrons. The predicted octanol–water partition coefficient (Wildman–Crippen LogP) is 2.81. The lowest BCUT2D eigenvalue weighted by Gasteiger charge is -2.29. The van der Waals surface area contributed by atoms with Crippen LogP contribution in [0.2, 0.25) is 0 Å². The Labute approximate surface area is 133 Å². The number of nitrogens with zero attached hydrogens (tertiary/aromatic N) is 2. The summed E-state index contributed by atoms with van der Waals surface area (Å²) in [5.41, 5.74) is 0. The van der Waals surface area contributed by atoms with E-state index in [2.05, 4.69) is 54.7 Å². The Morgan fingerprint density at radius 2 is 1.83 bits per heavy atom. The Morgan fingerprint density at radius 1 is 1.17 bits per heavy atom. The SMILES string of the molecule is CCN1C(Br)C(Br)=C(Br)N1OCCOCCOC. The molecule has 0 saturated heterocycles. The van der Waals surface area contributed by atoms with Gasteiger partial charge in [-0.1, -0.05) is 22.9 Å². The van der Waals surface area contributed by atoms with E-state index < -0.39 is 0 Å². The number of alkyl halides is 1. The molecule has 0 aromatic rings. The lowest BCUT2D eigenvalue weighted by molar-refractivity contribution is -0.247. The Bertz CT molecular complexity index is 292. The number of halogens is 3. The summed E-state index contributed by atoms with van der Waals surface area (Å²) in [5, 5.41) is 3.76. The standard InChI is InChI=1S/C10H17Br3N2O3/c1-3-14-9(12)8(11)10(13)15(14)18-7-6-17-5-4-16-2/h9H,3-7H2,1-2H3. The van der Waals surface area contributed by atoms with Gasteiger partial charge in [-0.3, -0.25) is 4.84 Å². The maximum atomic E-state index is 5.67. The molecule has 1 unspecified atom stereocenters. The van der Waals surface area contributed by atoms with E-state index in [9.17, 15) is 0 Å². The van der Waals surface area contributed by atoms with Crippen molar-refractivity contribution in [3.63, 3.8) is 0 Å². The van der Waals surface area contributed by atoms with Crippen LogP contribution in [-0.4, -0.2) is 55.2 Å². The van der Waals surface area contributed by atoms with Gasteiger partial charge in [-0.05, 0) is 31.9 Å². The number of ether oxygens (including phenoxy) is 2. The zero-order valence-electron chi connectivity index (χ0n) is 10.4. The highest BCUT2D eigenvalue weighted by Gasteiger charge is 2.35. The number of hydrogen-bond acceptors (Lipinski definition) is 5. The van der Waals surface area contributed by atoms with Gasteiger partial charge in [0.05, 0.1) is 30.9 Å². The number of methoxy groups -OCH3 is 1. The van der Waals surface area contributed by atoms with Crippen molar-refractivity contribution in [1.29, 1.82) is 0 Å². The van der Waals surface area contributed by atoms with E-state index in [4.69, 9.17) is 14.3 Å². The summed E-state index contributed by atoms with van der Waals surface area (Å²) >= 11 is 10.6. The Morgan fingerprint density at radius 3 is 2.44 bits per heavy atom. The molecule has 1 heterocycles. The van der Waals surface area contributed by atoms with Crippen LogP contribution in [0.25, 0.3) is 0 Å². The molecule has 18 heavy (non-hydrogen) atoms. The maximum absolute atomic E-state index is 5.67. The van der Waals surface area contributed by atoms with E-state index in [0.29, 0.717) is 26.4 Å². The van der Waals surface area contributed by atoms with Crippen molar-refractivity contribution >= 4 is 47.8 Å². The second-order valence-corrected chi connectivity index (χ2v) is 5.91. The predicted molar refractivity (Wildman–Crippen MR) is 80.5 cm³/mol. The molecular formula is C10H17Br3N2O3. The smallest absolute Gasteiger partial charge is 0.138 e. The molecule has 0 radical (unpaired) electrons. The summed E-state index contributed by atoms with van der Waals surface area (Å²) in [6, 6.07) is 0. The summed E-state index contributed by atoms with van der Waals surface area (Å²) in [7, 11) is 1.65. The highest BCUT2D eigenvalue weighted by Crippen LogP contribution is 2.39. The molecule has 0 amide bonds. The van der Waals surface area contributed by atoms with Gasteiger partial charge in [-0.25, -0.2) is 0 Å². The fourth-order valence-corrected chi connectivity index (χ4v) is 3.26. The average molecular weight is 453 g/mol. The van der Waals surface area contributed by atoms with Crippen LogP contribution in [0.15, 0.2) is 9.09 Å². The second kappa shape index (κ2) is 8.89. The van der Waals surface area contributed by atoms with Crippen molar-refractivity contribution in [3.8, 4) is 0 Å². The molecule has 1 aliphatic rings. The molecule has 5 nitrogen and oxygen atoms in total. The van der Waals surface area contributed by atoms with Crippen molar-refractivity contribution in [1.82, 2.24) is 10.2 Å². The van der Waals surface area contributed by atoms with Crippen LogP contribution in [0.1, 0.15) is 6.92 Å². The summed E-state index contributed by atoms with van der Waals surface area (Å²) in [5.74, 6) is 0. The zero-order valence-corrected chi connectivity index (χ0v) is 15.1. The lowest BCUT2D eigenvalue weighted by atomic mass is 10.6. The third kappa shape index (κ3) is 4.43. The van der Waals surface area contributed by atoms with E-state index in [1.807, 2.05) is 5.01 Å². The normalized spacial score (nSPS) is 21.2. The first-order valence-corrected chi connectivity index (χ1v) is 8.09. The number of hydrogen-bond donors (Lipinski definition) is 0. The third-order valence-corrected chi connectivity index (χ3v) is 5.88. The van der Waals surface area contributed by atoms with Crippen LogP contribution in [0.3, 0.4) is 0 Å². The summed E-state index contributed by atoms with van der Waals surface area (Å²) < 4.78 is 12.1. The van der Waals surface area contributed by atoms with Gasteiger partial charge in [-0.2, -0.15) is 10.2 Å². The average Bonchev–Trinajstić information content (AvgIpc) is 2.58. The summed E-state index contributed by atoms with van der Waals surface area (Å²) in [6.45, 7) is 5.08. The molecule has 0 fully saturated rings. The molecule has 8 heteroatoms. The van der Waals surface area contributed by atoms with Gasteiger partial charge in [0, 0.05) is 13.7 Å². The van der Waals surface area contributed by atoms with Crippen LogP contribution < -0.4 is 0 Å². The molecule has 0 N–H and O–H groups in total. The van der Waals surface area contributed by atoms with Gasteiger partial charge >= 0.3 is 0 Å². The van der Waals surface area contributed by atoms with Gasteiger partial charge in [0.25, 0.3) is 0 Å². The highest BCUT2D eigenvalue weighted by atomic mass is 79.9. The van der Waals surface area contributed by atoms with Crippen LogP contribution in [0.4, 0.5) is 0 Å². The van der Waals surface area contributed by atoms with E-state index in [1.165, 1.54) is 0 Å². The molecule has 0 bridgehead atoms. The lowest BCUT2D eigenvalue weighted by Crippen LogP contribution is -2.40. The maximum Gasteiger partial charge on any atom is 0.138 e. The van der Waals surface area contributed by atoms with Crippen molar-refractivity contribution < 1.29 is 14.3 Å². The van der Waals surface area contributed by atoms with E-state index in [-0.39, 0.29) is 4.95 Å². The molecular weight excluding hydrogens is 436 g/mol. The van der Waals surface area contributed by atoms with Crippen molar-refractivity contribution in [2.24, 2.45) is 0 Å². The number of likely N-dealkylation sites (N-methyl/N-ethyl adjacent to an activating group) is 1. The van der Waals surface area contributed by atoms with Crippen LogP contribution in [0.5, 0.6) is 0 Å². The van der Waals surface area contributed by atoms with Gasteiger partial charge in [0.15, 0.2) is 0 Å². The zero-order chi connectivity index (χ0) is 13.5. The number of hydrazine groups is 1. The Balaban J connectivity index is 2.32. The number of hydroxylamine groups is 1. The summed E-state index contributed by atoms with van der Waals surface area (Å²) in [4.78, 5) is 5.76. The minimum Gasteiger partial charge on any atom is -0.382 e. The first-order chi connectivity index (χ1) is 8.63. The molecule has 0 spiro atoms. The summed E-state index contributed by atoms with van der Waals surface area (Å²) in [6.07, 6.45) is 0. The van der Waals surface area contributed by atoms with Crippen LogP contribution in [0, 0.1) is 0 Å². The molecule has 0 aliphatic carbocycles. The van der Waals surface area contributed by atoms with Gasteiger partial charge < -0.3 is 9.47 Å². The van der Waals surface area contributed by atoms with Crippen molar-refractivity contribution in [2.75, 3.05) is 40.1 Å². The van der Waals surface area contributed by atoms with Gasteiger partial charge in [0.1, 0.15) is 9.56 Å². The van der Waals surface area contributed by atoms with Gasteiger partial charge in [0.2, 0.25) is 0 Å². The highest BCUT2D eigenvalue weighted by molar-refractivity contribution is 9.15. The fraction of sp³-hybridized carbons (Fsp3) is 0.800. The van der Waals surface area contributed by atoms with Crippen molar-refractivity contribution in [2.45, 2.75) is 11.9 Å². The largest absolute Gasteiger partial charge is 0.382 e. The third-order valence-electron chi connectivity index (χ3n) is 2.27. The first kappa shape index (κ1) is 16.9. The van der Waals surface area contributed by atoms with Crippen molar-refractivity contribution in [3.05, 3.63) is 9.09 Å². The fourth-order valence-electron chi connectivity index (χ4n) is 1.37. The molecule has 0 aromatic carbocycles. The quantitative estimate of drug-likeness (QED) is 0.321. The van der Waals surface area contributed by atoms with Gasteiger partial charge in [-0.15, -0.1) is 0 Å². The molecule has 1 rings (SSSR count). The second-order valence-electron chi connectivity index (χ2n) is 3.44. The molecule has 1 aliphatic heterocycles. The van der Waals surface area contributed by atoms with E-state index in [1.54, 1.807) is 12.3 Å². The Hall–Kier alpha value is 0.820. The first-order valence-electron chi connectivity index (χ1n) is 5.59. The molecule has 0 aromatic heterocycles. The molecule has 1 atom stereocenters. The Kier molecular flexibility index (Phi) is 8.33. The van der Waals surface area contributed by atoms with Crippen LogP contribution >= 0.6 is 47.8 Å². The monoisotopic (exact) mass is 450 g/mol. The number of rotatable bonds is 8.